The van der Waals surface area contributed by atoms with Crippen LogP contribution < -0.4 is 5.32 Å². The largest absolute Gasteiger partial charge is 0.455 e. The van der Waals surface area contributed by atoms with Crippen molar-refractivity contribution in [1.29, 1.82) is 0 Å². The summed E-state index contributed by atoms with van der Waals surface area (Å²) in [7, 11) is 0. The first kappa shape index (κ1) is 21.3. The molecule has 0 aliphatic rings. The highest BCUT2D eigenvalue weighted by molar-refractivity contribution is 7.99. The maximum Gasteiger partial charge on any atom is 0.316 e. The van der Waals surface area contributed by atoms with Crippen LogP contribution in [0, 0.1) is 0 Å². The lowest BCUT2D eigenvalue weighted by Crippen LogP contribution is -2.35. The van der Waals surface area contributed by atoms with Crippen molar-refractivity contribution in [2.45, 2.75) is 12.2 Å². The zero-order valence-electron chi connectivity index (χ0n) is 14.2. The molecular weight excluding hydrogens is 409 g/mol. The van der Waals surface area contributed by atoms with Crippen molar-refractivity contribution in [3.8, 4) is 0 Å². The molecular formula is C19H17Cl2NO4S. The van der Waals surface area contributed by atoms with E-state index in [2.05, 4.69) is 5.32 Å². The fourth-order valence-electron chi connectivity index (χ4n) is 2.09. The van der Waals surface area contributed by atoms with E-state index in [1.54, 1.807) is 24.3 Å². The Morgan fingerprint density at radius 3 is 2.37 bits per heavy atom. The molecule has 5 nitrogen and oxygen atoms in total. The van der Waals surface area contributed by atoms with Crippen LogP contribution in [0.3, 0.4) is 0 Å². The van der Waals surface area contributed by atoms with E-state index < -0.39 is 24.4 Å². The number of carbonyl (C=O) groups excluding carboxylic acids is 3. The van der Waals surface area contributed by atoms with Crippen LogP contribution in [-0.2, 0) is 31.3 Å². The van der Waals surface area contributed by atoms with Crippen LogP contribution in [0.5, 0.6) is 0 Å². The van der Waals surface area contributed by atoms with E-state index in [9.17, 15) is 14.4 Å². The van der Waals surface area contributed by atoms with Crippen molar-refractivity contribution < 1.29 is 19.1 Å². The van der Waals surface area contributed by atoms with Gasteiger partial charge >= 0.3 is 5.97 Å². The van der Waals surface area contributed by atoms with Crippen LogP contribution in [0.2, 0.25) is 10.0 Å². The van der Waals surface area contributed by atoms with Crippen LogP contribution >= 0.6 is 35.0 Å². The Labute approximate surface area is 171 Å². The zero-order chi connectivity index (χ0) is 19.6. The molecule has 2 amide bonds. The lowest BCUT2D eigenvalue weighted by atomic mass is 10.1. The molecule has 2 rings (SSSR count). The summed E-state index contributed by atoms with van der Waals surface area (Å²) in [6.07, 6.45) is 0.0834. The third kappa shape index (κ3) is 8.03. The molecule has 0 bridgehead atoms. The van der Waals surface area contributed by atoms with Crippen molar-refractivity contribution in [1.82, 2.24) is 5.32 Å². The molecule has 2 aromatic carbocycles. The van der Waals surface area contributed by atoms with Crippen LogP contribution in [0.1, 0.15) is 11.1 Å². The highest BCUT2D eigenvalue weighted by atomic mass is 35.5. The van der Waals surface area contributed by atoms with Gasteiger partial charge in [-0.05, 0) is 23.3 Å². The molecule has 0 saturated heterocycles. The minimum atomic E-state index is -0.654. The van der Waals surface area contributed by atoms with E-state index in [4.69, 9.17) is 27.9 Å². The number of ether oxygens (including phenoxy) is 1. The highest BCUT2D eigenvalue weighted by Gasteiger charge is 2.12. The molecule has 0 atom stereocenters. The molecule has 0 radical (unpaired) electrons. The lowest BCUT2D eigenvalue weighted by molar-refractivity contribution is -0.147. The van der Waals surface area contributed by atoms with E-state index in [1.807, 2.05) is 24.3 Å². The number of imide groups is 1. The molecule has 0 aliphatic carbocycles. The summed E-state index contributed by atoms with van der Waals surface area (Å²) < 4.78 is 4.86. The van der Waals surface area contributed by atoms with Gasteiger partial charge in [0, 0.05) is 5.75 Å². The third-order valence-corrected chi connectivity index (χ3v) is 5.04. The number of thioether (sulfide) groups is 1. The molecule has 0 aliphatic heterocycles. The highest BCUT2D eigenvalue weighted by Crippen LogP contribution is 2.24. The number of rotatable bonds is 8. The molecule has 0 aromatic heterocycles. The summed E-state index contributed by atoms with van der Waals surface area (Å²) in [6.45, 7) is -0.493. The van der Waals surface area contributed by atoms with Gasteiger partial charge in [-0.15, -0.1) is 11.8 Å². The van der Waals surface area contributed by atoms with Crippen LogP contribution in [0.4, 0.5) is 0 Å². The summed E-state index contributed by atoms with van der Waals surface area (Å²) in [5.41, 5.74) is 1.71. The molecule has 27 heavy (non-hydrogen) atoms. The second-order valence-electron chi connectivity index (χ2n) is 5.54. The van der Waals surface area contributed by atoms with Gasteiger partial charge in [0.25, 0.3) is 5.91 Å². The van der Waals surface area contributed by atoms with Crippen molar-refractivity contribution in [3.05, 3.63) is 69.7 Å². The molecule has 0 heterocycles. The lowest BCUT2D eigenvalue weighted by Gasteiger charge is -2.06. The quantitative estimate of drug-likeness (QED) is 0.653. The predicted octanol–water partition coefficient (Wildman–Crippen LogP) is 3.66. The fraction of sp³-hybridized carbons (Fsp3) is 0.211. The fourth-order valence-corrected chi connectivity index (χ4v) is 3.17. The van der Waals surface area contributed by atoms with E-state index in [0.717, 1.165) is 11.1 Å². The first-order valence-corrected chi connectivity index (χ1v) is 9.89. The number of esters is 1. The van der Waals surface area contributed by atoms with Gasteiger partial charge < -0.3 is 4.74 Å². The van der Waals surface area contributed by atoms with Gasteiger partial charge in [-0.2, -0.15) is 0 Å². The predicted molar refractivity (Wildman–Crippen MR) is 107 cm³/mol. The summed E-state index contributed by atoms with van der Waals surface area (Å²) >= 11 is 13.1. The van der Waals surface area contributed by atoms with Gasteiger partial charge in [0.2, 0.25) is 5.91 Å². The molecule has 0 fully saturated rings. The Balaban J connectivity index is 1.63. The SMILES string of the molecule is O=C(COC(=O)CSCc1ccc(Cl)c(Cl)c1)NC(=O)Cc1ccccc1. The molecule has 8 heteroatoms. The number of hydrogen-bond donors (Lipinski definition) is 1. The third-order valence-electron chi connectivity index (χ3n) is 3.32. The molecule has 1 N–H and O–H groups in total. The molecule has 142 valence electrons. The van der Waals surface area contributed by atoms with Crippen molar-refractivity contribution >= 4 is 52.7 Å². The van der Waals surface area contributed by atoms with Crippen molar-refractivity contribution in [2.24, 2.45) is 0 Å². The zero-order valence-corrected chi connectivity index (χ0v) is 16.6. The van der Waals surface area contributed by atoms with Gasteiger partial charge in [0.05, 0.1) is 22.2 Å². The van der Waals surface area contributed by atoms with E-state index in [-0.39, 0.29) is 12.2 Å². The smallest absolute Gasteiger partial charge is 0.316 e. The Kier molecular flexibility index (Phi) is 8.64. The van der Waals surface area contributed by atoms with Gasteiger partial charge in [-0.25, -0.2) is 0 Å². The molecule has 2 aromatic rings. The molecule has 0 unspecified atom stereocenters. The minimum absolute atomic E-state index is 0.0749. The molecule has 0 saturated carbocycles. The summed E-state index contributed by atoms with van der Waals surface area (Å²) in [6, 6.07) is 14.3. The number of carbonyl (C=O) groups is 3. The molecule has 0 spiro atoms. The van der Waals surface area contributed by atoms with Crippen molar-refractivity contribution in [2.75, 3.05) is 12.4 Å². The van der Waals surface area contributed by atoms with Crippen LogP contribution in [0.15, 0.2) is 48.5 Å². The summed E-state index contributed by atoms with van der Waals surface area (Å²) in [5.74, 6) is -1.01. The number of benzene rings is 2. The van der Waals surface area contributed by atoms with Crippen molar-refractivity contribution in [3.63, 3.8) is 0 Å². The first-order chi connectivity index (χ1) is 12.9. The Bertz CT molecular complexity index is 815. The van der Waals surface area contributed by atoms with Gasteiger partial charge in [0.1, 0.15) is 0 Å². The minimum Gasteiger partial charge on any atom is -0.455 e. The number of halogens is 2. The van der Waals surface area contributed by atoms with Gasteiger partial charge in [-0.3, -0.25) is 19.7 Å². The number of amides is 2. The van der Waals surface area contributed by atoms with Crippen LogP contribution in [0.25, 0.3) is 0 Å². The van der Waals surface area contributed by atoms with E-state index >= 15 is 0 Å². The van der Waals surface area contributed by atoms with E-state index in [0.29, 0.717) is 15.8 Å². The maximum absolute atomic E-state index is 11.8. The average molecular weight is 426 g/mol. The second-order valence-corrected chi connectivity index (χ2v) is 7.34. The Hall–Kier alpha value is -2.02. The monoisotopic (exact) mass is 425 g/mol. The topological polar surface area (TPSA) is 72.5 Å². The summed E-state index contributed by atoms with van der Waals surface area (Å²) in [4.78, 5) is 35.1. The number of hydrogen-bond acceptors (Lipinski definition) is 5. The summed E-state index contributed by atoms with van der Waals surface area (Å²) in [5, 5.41) is 3.11. The first-order valence-electron chi connectivity index (χ1n) is 7.98. The second kappa shape index (κ2) is 11.0. The number of nitrogens with one attached hydrogen (secondary N) is 1. The van der Waals surface area contributed by atoms with Gasteiger partial charge in [-0.1, -0.05) is 59.6 Å². The van der Waals surface area contributed by atoms with E-state index in [1.165, 1.54) is 11.8 Å². The maximum atomic E-state index is 11.8. The Morgan fingerprint density at radius 1 is 0.926 bits per heavy atom. The van der Waals surface area contributed by atoms with Crippen LogP contribution in [-0.4, -0.2) is 30.1 Å². The average Bonchev–Trinajstić information content (AvgIpc) is 2.63. The standard InChI is InChI=1S/C19H17Cl2NO4S/c20-15-7-6-14(8-16(15)21)11-27-12-19(25)26-10-18(24)22-17(23)9-13-4-2-1-3-5-13/h1-8H,9-12H2,(H,22,23,24). The van der Waals surface area contributed by atoms with Gasteiger partial charge in [0.15, 0.2) is 6.61 Å². The Morgan fingerprint density at radius 2 is 1.67 bits per heavy atom. The normalized spacial score (nSPS) is 10.3.